The summed E-state index contributed by atoms with van der Waals surface area (Å²) in [5, 5.41) is 3.63. The first kappa shape index (κ1) is 13.1. The van der Waals surface area contributed by atoms with Gasteiger partial charge in [-0.15, -0.1) is 0 Å². The molecule has 0 fully saturated rings. The quantitative estimate of drug-likeness (QED) is 0.728. The highest BCUT2D eigenvalue weighted by Crippen LogP contribution is 2.35. The Morgan fingerprint density at radius 1 is 1.18 bits per heavy atom. The van der Waals surface area contributed by atoms with Crippen LogP contribution in [0.15, 0.2) is 48.5 Å². The number of aromatic nitrogens is 1. The normalized spacial score (nSPS) is 17.4. The van der Waals surface area contributed by atoms with Gasteiger partial charge >= 0.3 is 0 Å². The van der Waals surface area contributed by atoms with Gasteiger partial charge in [-0.25, -0.2) is 4.39 Å². The number of carbonyl (C=O) groups is 1. The summed E-state index contributed by atoms with van der Waals surface area (Å²) in [5.74, 6) is -0.393. The van der Waals surface area contributed by atoms with E-state index in [-0.39, 0.29) is 17.8 Å². The van der Waals surface area contributed by atoms with E-state index in [1.807, 2.05) is 34.9 Å². The molecule has 3 nitrogen and oxygen atoms in total. The molecule has 4 rings (SSSR count). The highest BCUT2D eigenvalue weighted by molar-refractivity contribution is 6.03. The van der Waals surface area contributed by atoms with Gasteiger partial charge in [-0.3, -0.25) is 4.79 Å². The smallest absolute Gasteiger partial charge is 0.268 e. The standard InChI is InChI=1S/C18H15FN2O/c1-11-10-20-18(22)16-8-13-7-14(19)9-15(17(13)21(11)16)12-5-3-2-4-6-12/h2-9,11H,10H2,1H3,(H,20,22)/t11-/m1/s1. The zero-order valence-electron chi connectivity index (χ0n) is 12.1. The van der Waals surface area contributed by atoms with E-state index >= 15 is 0 Å². The summed E-state index contributed by atoms with van der Waals surface area (Å²) in [6, 6.07) is 14.7. The third-order valence-corrected chi connectivity index (χ3v) is 4.21. The average Bonchev–Trinajstić information content (AvgIpc) is 2.91. The number of fused-ring (bicyclic) bond motifs is 3. The Balaban J connectivity index is 2.11. The molecule has 0 radical (unpaired) electrons. The molecule has 4 heteroatoms. The van der Waals surface area contributed by atoms with Crippen LogP contribution in [0.5, 0.6) is 0 Å². The first-order chi connectivity index (χ1) is 10.6. The van der Waals surface area contributed by atoms with Crippen LogP contribution < -0.4 is 5.32 Å². The van der Waals surface area contributed by atoms with Crippen molar-refractivity contribution in [3.8, 4) is 11.1 Å². The monoisotopic (exact) mass is 294 g/mol. The molecule has 1 aliphatic rings. The molecule has 0 spiro atoms. The summed E-state index contributed by atoms with van der Waals surface area (Å²) in [7, 11) is 0. The molecule has 1 atom stereocenters. The van der Waals surface area contributed by atoms with Crippen LogP contribution in [-0.4, -0.2) is 17.0 Å². The highest BCUT2D eigenvalue weighted by atomic mass is 19.1. The number of nitrogens with one attached hydrogen (secondary N) is 1. The fraction of sp³-hybridized carbons (Fsp3) is 0.167. The Labute approximate surface area is 127 Å². The molecule has 1 N–H and O–H groups in total. The Morgan fingerprint density at radius 3 is 2.73 bits per heavy atom. The molecule has 0 saturated heterocycles. The summed E-state index contributed by atoms with van der Waals surface area (Å²) in [4.78, 5) is 12.1. The average molecular weight is 294 g/mol. The molecule has 1 amide bonds. The molecule has 2 aromatic carbocycles. The molecule has 2 heterocycles. The maximum atomic E-state index is 14.0. The van der Waals surface area contributed by atoms with Gasteiger partial charge in [0.15, 0.2) is 0 Å². The maximum Gasteiger partial charge on any atom is 0.268 e. The summed E-state index contributed by atoms with van der Waals surface area (Å²) in [6.07, 6.45) is 0. The number of hydrogen-bond acceptors (Lipinski definition) is 1. The summed E-state index contributed by atoms with van der Waals surface area (Å²) in [5.41, 5.74) is 3.29. The minimum absolute atomic E-state index is 0.103. The van der Waals surface area contributed by atoms with E-state index in [2.05, 4.69) is 12.2 Å². The van der Waals surface area contributed by atoms with E-state index in [4.69, 9.17) is 0 Å². The van der Waals surface area contributed by atoms with Gasteiger partial charge in [-0.05, 0) is 30.7 Å². The van der Waals surface area contributed by atoms with Gasteiger partial charge in [0.25, 0.3) is 5.91 Å². The van der Waals surface area contributed by atoms with Crippen LogP contribution in [0.3, 0.4) is 0 Å². The molecule has 1 aliphatic heterocycles. The van der Waals surface area contributed by atoms with E-state index in [0.717, 1.165) is 22.0 Å². The first-order valence-electron chi connectivity index (χ1n) is 7.33. The number of nitrogens with zero attached hydrogens (tertiary/aromatic N) is 1. The zero-order chi connectivity index (χ0) is 15.3. The van der Waals surface area contributed by atoms with E-state index in [1.54, 1.807) is 12.1 Å². The van der Waals surface area contributed by atoms with Crippen molar-refractivity contribution in [1.29, 1.82) is 0 Å². The van der Waals surface area contributed by atoms with Gasteiger partial charge in [-0.1, -0.05) is 30.3 Å². The second kappa shape index (κ2) is 4.70. The maximum absolute atomic E-state index is 14.0. The van der Waals surface area contributed by atoms with Crippen molar-refractivity contribution in [2.75, 3.05) is 6.54 Å². The molecule has 0 bridgehead atoms. The van der Waals surface area contributed by atoms with E-state index < -0.39 is 0 Å². The Hall–Kier alpha value is -2.62. The number of amides is 1. The van der Waals surface area contributed by atoms with Crippen molar-refractivity contribution in [2.24, 2.45) is 0 Å². The second-order valence-corrected chi connectivity index (χ2v) is 5.72. The Bertz CT molecular complexity index is 883. The predicted molar refractivity (Wildman–Crippen MR) is 84.4 cm³/mol. The lowest BCUT2D eigenvalue weighted by atomic mass is 10.0. The van der Waals surface area contributed by atoms with Gasteiger partial charge in [-0.2, -0.15) is 0 Å². The first-order valence-corrected chi connectivity index (χ1v) is 7.33. The molecular weight excluding hydrogens is 279 g/mol. The Kier molecular flexibility index (Phi) is 2.79. The van der Waals surface area contributed by atoms with E-state index in [9.17, 15) is 9.18 Å². The fourth-order valence-corrected chi connectivity index (χ4v) is 3.23. The largest absolute Gasteiger partial charge is 0.349 e. The minimum atomic E-state index is -0.289. The topological polar surface area (TPSA) is 34.0 Å². The van der Waals surface area contributed by atoms with Crippen LogP contribution in [0, 0.1) is 5.82 Å². The third-order valence-electron chi connectivity index (χ3n) is 4.21. The number of halogens is 1. The van der Waals surface area contributed by atoms with Crippen LogP contribution in [0.4, 0.5) is 4.39 Å². The molecule has 0 saturated carbocycles. The number of benzene rings is 2. The van der Waals surface area contributed by atoms with Crippen molar-refractivity contribution in [2.45, 2.75) is 13.0 Å². The van der Waals surface area contributed by atoms with Gasteiger partial charge in [0.05, 0.1) is 5.52 Å². The number of hydrogen-bond donors (Lipinski definition) is 1. The van der Waals surface area contributed by atoms with Gasteiger partial charge in [0.1, 0.15) is 11.5 Å². The Morgan fingerprint density at radius 2 is 1.95 bits per heavy atom. The highest BCUT2D eigenvalue weighted by Gasteiger charge is 2.26. The van der Waals surface area contributed by atoms with Crippen molar-refractivity contribution in [1.82, 2.24) is 9.88 Å². The fourth-order valence-electron chi connectivity index (χ4n) is 3.23. The summed E-state index contributed by atoms with van der Waals surface area (Å²) < 4.78 is 16.1. The van der Waals surface area contributed by atoms with Crippen LogP contribution in [0.1, 0.15) is 23.5 Å². The molecule has 22 heavy (non-hydrogen) atoms. The van der Waals surface area contributed by atoms with E-state index in [0.29, 0.717) is 12.2 Å². The summed E-state index contributed by atoms with van der Waals surface area (Å²) >= 11 is 0. The molecular formula is C18H15FN2O. The molecule has 1 aromatic heterocycles. The predicted octanol–water partition coefficient (Wildman–Crippen LogP) is 3.75. The number of carbonyl (C=O) groups excluding carboxylic acids is 1. The van der Waals surface area contributed by atoms with Crippen molar-refractivity contribution in [3.63, 3.8) is 0 Å². The van der Waals surface area contributed by atoms with Crippen molar-refractivity contribution >= 4 is 16.8 Å². The van der Waals surface area contributed by atoms with Gasteiger partial charge < -0.3 is 9.88 Å². The van der Waals surface area contributed by atoms with Crippen molar-refractivity contribution in [3.05, 3.63) is 60.0 Å². The van der Waals surface area contributed by atoms with E-state index in [1.165, 1.54) is 6.07 Å². The van der Waals surface area contributed by atoms with Crippen molar-refractivity contribution < 1.29 is 9.18 Å². The van der Waals surface area contributed by atoms with Crippen LogP contribution in [0.25, 0.3) is 22.0 Å². The number of rotatable bonds is 1. The third kappa shape index (κ3) is 1.84. The SMILES string of the molecule is C[C@@H]1CNC(=O)c2cc3cc(F)cc(-c4ccccc4)c3n21. The second-order valence-electron chi connectivity index (χ2n) is 5.72. The zero-order valence-corrected chi connectivity index (χ0v) is 12.1. The molecule has 0 unspecified atom stereocenters. The minimum Gasteiger partial charge on any atom is -0.349 e. The molecule has 0 aliphatic carbocycles. The molecule has 110 valence electrons. The summed E-state index contributed by atoms with van der Waals surface area (Å²) in [6.45, 7) is 2.64. The lowest BCUT2D eigenvalue weighted by Crippen LogP contribution is -2.37. The lowest BCUT2D eigenvalue weighted by Gasteiger charge is -2.25. The van der Waals surface area contributed by atoms with Gasteiger partial charge in [0, 0.05) is 23.5 Å². The van der Waals surface area contributed by atoms with Crippen LogP contribution in [-0.2, 0) is 0 Å². The van der Waals surface area contributed by atoms with Crippen LogP contribution in [0.2, 0.25) is 0 Å². The van der Waals surface area contributed by atoms with Gasteiger partial charge in [0.2, 0.25) is 0 Å². The van der Waals surface area contributed by atoms with Crippen LogP contribution >= 0.6 is 0 Å². The lowest BCUT2D eigenvalue weighted by molar-refractivity contribution is 0.0919. The molecule has 3 aromatic rings.